The number of carbonyl (C=O) groups excluding carboxylic acids is 1. The zero-order valence-electron chi connectivity index (χ0n) is 13.0. The first-order valence-corrected chi connectivity index (χ1v) is 7.16. The van der Waals surface area contributed by atoms with Gasteiger partial charge in [0.2, 0.25) is 5.91 Å². The fourth-order valence-corrected chi connectivity index (χ4v) is 2.00. The van der Waals surface area contributed by atoms with Crippen molar-refractivity contribution < 1.29 is 9.42 Å². The third-order valence-corrected chi connectivity index (χ3v) is 3.48. The van der Waals surface area contributed by atoms with Gasteiger partial charge in [-0.1, -0.05) is 19.9 Å². The molecule has 0 fully saturated rings. The average molecular weight is 290 g/mol. The molecule has 1 aromatic carbocycles. The van der Waals surface area contributed by atoms with E-state index in [9.17, 15) is 4.79 Å². The molecule has 1 unspecified atom stereocenters. The first-order valence-electron chi connectivity index (χ1n) is 7.16. The Morgan fingerprint density at radius 1 is 1.29 bits per heavy atom. The zero-order valence-corrected chi connectivity index (χ0v) is 13.0. The molecule has 0 aliphatic carbocycles. The summed E-state index contributed by atoms with van der Waals surface area (Å²) in [6.45, 7) is 7.43. The van der Waals surface area contributed by atoms with Crippen LogP contribution < -0.4 is 5.32 Å². The van der Waals surface area contributed by atoms with Crippen LogP contribution in [-0.4, -0.2) is 40.8 Å². The van der Waals surface area contributed by atoms with Gasteiger partial charge in [0.25, 0.3) is 0 Å². The van der Waals surface area contributed by atoms with Crippen LogP contribution in [0.2, 0.25) is 0 Å². The molecule has 0 bridgehead atoms. The van der Waals surface area contributed by atoms with Crippen molar-refractivity contribution in [2.45, 2.75) is 33.4 Å². The molecule has 0 aliphatic rings. The van der Waals surface area contributed by atoms with E-state index in [1.54, 1.807) is 0 Å². The van der Waals surface area contributed by atoms with Gasteiger partial charge in [-0.15, -0.1) is 0 Å². The van der Waals surface area contributed by atoms with Crippen molar-refractivity contribution in [1.29, 1.82) is 0 Å². The van der Waals surface area contributed by atoms with E-state index in [1.807, 2.05) is 37.1 Å². The Labute approximate surface area is 124 Å². The van der Waals surface area contributed by atoms with E-state index >= 15 is 0 Å². The fourth-order valence-electron chi connectivity index (χ4n) is 2.00. The number of fused-ring (bicyclic) bond motifs is 1. The summed E-state index contributed by atoms with van der Waals surface area (Å²) in [6.07, 6.45) is 0. The highest BCUT2D eigenvalue weighted by Crippen LogP contribution is 2.14. The van der Waals surface area contributed by atoms with Crippen molar-refractivity contribution >= 4 is 16.9 Å². The van der Waals surface area contributed by atoms with Gasteiger partial charge < -0.3 is 5.32 Å². The second-order valence-corrected chi connectivity index (χ2v) is 5.82. The summed E-state index contributed by atoms with van der Waals surface area (Å²) in [7, 11) is 1.94. The van der Waals surface area contributed by atoms with E-state index in [1.165, 1.54) is 0 Å². The Kier molecular flexibility index (Phi) is 4.90. The summed E-state index contributed by atoms with van der Waals surface area (Å²) in [5.74, 6) is 0.504. The van der Waals surface area contributed by atoms with Crippen molar-refractivity contribution in [3.8, 4) is 0 Å². The molecular weight excluding hydrogens is 268 g/mol. The van der Waals surface area contributed by atoms with Crippen LogP contribution in [0, 0.1) is 5.92 Å². The Hall–Kier alpha value is -1.95. The van der Waals surface area contributed by atoms with Crippen LogP contribution in [0.25, 0.3) is 11.0 Å². The minimum Gasteiger partial charge on any atom is -0.354 e. The molecule has 1 N–H and O–H groups in total. The number of likely N-dealkylation sites (N-methyl/N-ethyl adjacent to an activating group) is 1. The maximum Gasteiger partial charge on any atom is 0.237 e. The third-order valence-electron chi connectivity index (χ3n) is 3.48. The third kappa shape index (κ3) is 4.01. The number of nitrogens with one attached hydrogen (secondary N) is 1. The van der Waals surface area contributed by atoms with Gasteiger partial charge in [0.05, 0.1) is 6.04 Å². The maximum absolute atomic E-state index is 12.1. The van der Waals surface area contributed by atoms with Crippen molar-refractivity contribution in [3.63, 3.8) is 0 Å². The van der Waals surface area contributed by atoms with Crippen molar-refractivity contribution in [2.24, 2.45) is 5.92 Å². The molecule has 2 aromatic rings. The molecular formula is C15H22N4O2. The van der Waals surface area contributed by atoms with Crippen LogP contribution >= 0.6 is 0 Å². The lowest BCUT2D eigenvalue weighted by atomic mass is 10.1. The van der Waals surface area contributed by atoms with Gasteiger partial charge in [0.15, 0.2) is 0 Å². The molecule has 1 atom stereocenters. The molecule has 0 aliphatic heterocycles. The van der Waals surface area contributed by atoms with Crippen LogP contribution in [0.4, 0.5) is 0 Å². The van der Waals surface area contributed by atoms with Gasteiger partial charge in [0, 0.05) is 13.1 Å². The number of benzene rings is 1. The summed E-state index contributed by atoms with van der Waals surface area (Å²) < 4.78 is 4.69. The van der Waals surface area contributed by atoms with Gasteiger partial charge in [-0.05, 0) is 47.9 Å². The van der Waals surface area contributed by atoms with Crippen molar-refractivity contribution in [2.75, 3.05) is 13.6 Å². The zero-order chi connectivity index (χ0) is 15.4. The van der Waals surface area contributed by atoms with E-state index in [4.69, 9.17) is 0 Å². The highest BCUT2D eigenvalue weighted by molar-refractivity contribution is 5.81. The van der Waals surface area contributed by atoms with Gasteiger partial charge in [-0.2, -0.15) is 0 Å². The quantitative estimate of drug-likeness (QED) is 0.878. The number of carbonyl (C=O) groups is 1. The molecule has 0 saturated carbocycles. The molecule has 2 rings (SSSR count). The second kappa shape index (κ2) is 6.67. The van der Waals surface area contributed by atoms with E-state index in [-0.39, 0.29) is 11.9 Å². The number of nitrogens with zero attached hydrogens (tertiary/aromatic N) is 3. The molecule has 1 heterocycles. The molecule has 114 valence electrons. The topological polar surface area (TPSA) is 71.3 Å². The highest BCUT2D eigenvalue weighted by Gasteiger charge is 2.18. The molecule has 0 saturated heterocycles. The molecule has 6 nitrogen and oxygen atoms in total. The predicted molar refractivity (Wildman–Crippen MR) is 80.6 cm³/mol. The van der Waals surface area contributed by atoms with E-state index in [0.717, 1.165) is 16.6 Å². The summed E-state index contributed by atoms with van der Waals surface area (Å²) in [5, 5.41) is 10.6. The van der Waals surface area contributed by atoms with Crippen LogP contribution in [0.3, 0.4) is 0 Å². The van der Waals surface area contributed by atoms with Gasteiger partial charge in [0.1, 0.15) is 11.0 Å². The lowest BCUT2D eigenvalue weighted by Gasteiger charge is -2.24. The lowest BCUT2D eigenvalue weighted by molar-refractivity contribution is -0.125. The van der Waals surface area contributed by atoms with Gasteiger partial charge >= 0.3 is 0 Å². The van der Waals surface area contributed by atoms with Gasteiger partial charge in [-0.25, -0.2) is 4.63 Å². The first kappa shape index (κ1) is 15.4. The molecule has 1 aromatic heterocycles. The highest BCUT2D eigenvalue weighted by atomic mass is 16.6. The summed E-state index contributed by atoms with van der Waals surface area (Å²) in [4.78, 5) is 14.1. The Bertz CT molecular complexity index is 608. The largest absolute Gasteiger partial charge is 0.354 e. The van der Waals surface area contributed by atoms with Crippen LogP contribution in [0.1, 0.15) is 26.3 Å². The first-order chi connectivity index (χ1) is 9.97. The van der Waals surface area contributed by atoms with E-state index < -0.39 is 0 Å². The van der Waals surface area contributed by atoms with Crippen LogP contribution in [-0.2, 0) is 11.3 Å². The monoisotopic (exact) mass is 290 g/mol. The Balaban J connectivity index is 1.96. The van der Waals surface area contributed by atoms with E-state index in [2.05, 4.69) is 34.1 Å². The fraction of sp³-hybridized carbons (Fsp3) is 0.533. The molecule has 0 radical (unpaired) electrons. The van der Waals surface area contributed by atoms with Crippen LogP contribution in [0.5, 0.6) is 0 Å². The number of hydrogen-bond acceptors (Lipinski definition) is 5. The minimum absolute atomic E-state index is 0.0513. The van der Waals surface area contributed by atoms with E-state index in [0.29, 0.717) is 19.0 Å². The van der Waals surface area contributed by atoms with Crippen molar-refractivity contribution in [3.05, 3.63) is 23.8 Å². The smallest absolute Gasteiger partial charge is 0.237 e. The predicted octanol–water partition coefficient (Wildman–Crippen LogP) is 1.82. The summed E-state index contributed by atoms with van der Waals surface area (Å²) in [5.41, 5.74) is 2.55. The SMILES string of the molecule is CC(C)CNC(=O)C(C)N(C)Cc1ccc2nonc2c1. The minimum atomic E-state index is -0.185. The number of amides is 1. The Morgan fingerprint density at radius 2 is 2.00 bits per heavy atom. The summed E-state index contributed by atoms with van der Waals surface area (Å²) >= 11 is 0. The Morgan fingerprint density at radius 3 is 2.71 bits per heavy atom. The molecule has 21 heavy (non-hydrogen) atoms. The number of hydrogen-bond donors (Lipinski definition) is 1. The van der Waals surface area contributed by atoms with Crippen LogP contribution in [0.15, 0.2) is 22.8 Å². The molecule has 1 amide bonds. The summed E-state index contributed by atoms with van der Waals surface area (Å²) in [6, 6.07) is 5.59. The second-order valence-electron chi connectivity index (χ2n) is 5.82. The number of rotatable bonds is 6. The standard InChI is InChI=1S/C15H22N4O2/c1-10(2)8-16-15(20)11(3)19(4)9-12-5-6-13-14(7-12)18-21-17-13/h5-7,10-11H,8-9H2,1-4H3,(H,16,20). The maximum atomic E-state index is 12.1. The normalized spacial score (nSPS) is 13.0. The number of aromatic nitrogens is 2. The van der Waals surface area contributed by atoms with Crippen molar-refractivity contribution in [1.82, 2.24) is 20.5 Å². The average Bonchev–Trinajstić information content (AvgIpc) is 2.91. The van der Waals surface area contributed by atoms with Gasteiger partial charge in [-0.3, -0.25) is 9.69 Å². The lowest BCUT2D eigenvalue weighted by Crippen LogP contribution is -2.43. The molecule has 0 spiro atoms. The molecule has 6 heteroatoms.